The number of aromatic nitrogens is 1. The molecule has 1 heterocycles. The number of rotatable bonds is 7. The Morgan fingerprint density at radius 3 is 2.54 bits per heavy atom. The van der Waals surface area contributed by atoms with Crippen molar-refractivity contribution in [3.8, 4) is 0 Å². The molecule has 0 saturated carbocycles. The summed E-state index contributed by atoms with van der Waals surface area (Å²) in [4.78, 5) is 28.6. The molecule has 5 nitrogen and oxygen atoms in total. The van der Waals surface area contributed by atoms with Crippen molar-refractivity contribution in [2.45, 2.75) is 32.3 Å². The fourth-order valence-corrected chi connectivity index (χ4v) is 2.37. The van der Waals surface area contributed by atoms with Crippen LogP contribution < -0.4 is 5.32 Å². The van der Waals surface area contributed by atoms with Crippen LogP contribution in [0.4, 0.5) is 0 Å². The zero-order chi connectivity index (χ0) is 17.5. The number of ketones is 1. The number of carbonyl (C=O) groups is 2. The highest BCUT2D eigenvalue weighted by Gasteiger charge is 2.14. The summed E-state index contributed by atoms with van der Waals surface area (Å²) in [6.07, 6.45) is 0.643. The summed E-state index contributed by atoms with van der Waals surface area (Å²) < 4.78 is 0. The van der Waals surface area contributed by atoms with Crippen LogP contribution in [-0.4, -0.2) is 34.9 Å². The monoisotopic (exact) mass is 326 g/mol. The predicted octanol–water partition coefficient (Wildman–Crippen LogP) is 2.38. The van der Waals surface area contributed by atoms with E-state index in [0.717, 1.165) is 5.56 Å². The van der Waals surface area contributed by atoms with Gasteiger partial charge in [0.05, 0.1) is 6.10 Å². The molecule has 0 radical (unpaired) electrons. The molecule has 24 heavy (non-hydrogen) atoms. The predicted molar refractivity (Wildman–Crippen MR) is 92.1 cm³/mol. The summed E-state index contributed by atoms with van der Waals surface area (Å²) >= 11 is 0. The van der Waals surface area contributed by atoms with Crippen LogP contribution >= 0.6 is 0 Å². The van der Waals surface area contributed by atoms with Crippen LogP contribution in [0.3, 0.4) is 0 Å². The molecule has 126 valence electrons. The second-order valence-corrected chi connectivity index (χ2v) is 5.78. The molecule has 1 unspecified atom stereocenters. The van der Waals surface area contributed by atoms with E-state index in [2.05, 4.69) is 10.3 Å². The lowest BCUT2D eigenvalue weighted by atomic mass is 10.0. The van der Waals surface area contributed by atoms with Crippen molar-refractivity contribution < 1.29 is 14.7 Å². The topological polar surface area (TPSA) is 79.3 Å². The third-order valence-electron chi connectivity index (χ3n) is 3.68. The van der Waals surface area contributed by atoms with Crippen molar-refractivity contribution in [3.05, 3.63) is 65.0 Å². The van der Waals surface area contributed by atoms with Crippen LogP contribution in [-0.2, 0) is 6.42 Å². The molecule has 5 heteroatoms. The van der Waals surface area contributed by atoms with Crippen molar-refractivity contribution in [3.63, 3.8) is 0 Å². The normalized spacial score (nSPS) is 11.8. The van der Waals surface area contributed by atoms with Crippen molar-refractivity contribution >= 4 is 11.7 Å². The molecular weight excluding hydrogens is 304 g/mol. The molecule has 1 aromatic carbocycles. The number of hydrogen-bond donors (Lipinski definition) is 2. The van der Waals surface area contributed by atoms with Crippen molar-refractivity contribution in [2.24, 2.45) is 0 Å². The molecule has 0 aliphatic rings. The molecule has 0 aliphatic heterocycles. The molecule has 0 aliphatic carbocycles. The van der Waals surface area contributed by atoms with Crippen LogP contribution in [0.2, 0.25) is 0 Å². The number of hydrogen-bond acceptors (Lipinski definition) is 4. The van der Waals surface area contributed by atoms with Crippen LogP contribution in [0.15, 0.2) is 42.5 Å². The molecule has 0 fully saturated rings. The fraction of sp³-hybridized carbons (Fsp3) is 0.316. The number of aliphatic hydroxyl groups is 1. The number of benzene rings is 1. The van der Waals surface area contributed by atoms with E-state index in [1.165, 1.54) is 13.1 Å². The summed E-state index contributed by atoms with van der Waals surface area (Å²) in [5, 5.41) is 11.9. The first-order valence-corrected chi connectivity index (χ1v) is 7.98. The van der Waals surface area contributed by atoms with Gasteiger partial charge in [-0.15, -0.1) is 0 Å². The molecule has 2 aromatic rings. The smallest absolute Gasteiger partial charge is 0.269 e. The average molecular weight is 326 g/mol. The van der Waals surface area contributed by atoms with E-state index in [1.54, 1.807) is 13.0 Å². The van der Waals surface area contributed by atoms with Crippen molar-refractivity contribution in [1.29, 1.82) is 0 Å². The quantitative estimate of drug-likeness (QED) is 0.766. The maximum Gasteiger partial charge on any atom is 0.269 e. The van der Waals surface area contributed by atoms with E-state index < -0.39 is 6.10 Å². The van der Waals surface area contributed by atoms with Crippen LogP contribution in [0.25, 0.3) is 0 Å². The van der Waals surface area contributed by atoms with Gasteiger partial charge in [-0.2, -0.15) is 0 Å². The third kappa shape index (κ3) is 4.99. The Balaban J connectivity index is 2.30. The molecule has 1 amide bonds. The second-order valence-electron chi connectivity index (χ2n) is 5.78. The average Bonchev–Trinajstić information content (AvgIpc) is 2.59. The van der Waals surface area contributed by atoms with Gasteiger partial charge in [0, 0.05) is 31.1 Å². The maximum atomic E-state index is 12.3. The maximum absolute atomic E-state index is 12.3. The first-order valence-electron chi connectivity index (χ1n) is 7.98. The molecule has 0 spiro atoms. The number of nitrogens with zero attached hydrogens (tertiary/aromatic N) is 1. The molecule has 1 atom stereocenters. The van der Waals surface area contributed by atoms with Gasteiger partial charge >= 0.3 is 0 Å². The molecule has 0 saturated heterocycles. The largest absolute Gasteiger partial charge is 0.393 e. The summed E-state index contributed by atoms with van der Waals surface area (Å²) in [5.74, 6) is -0.424. The Labute approximate surface area is 141 Å². The molecule has 0 bridgehead atoms. The van der Waals surface area contributed by atoms with Crippen molar-refractivity contribution in [2.75, 3.05) is 7.05 Å². The highest BCUT2D eigenvalue weighted by Crippen LogP contribution is 2.14. The standard InChI is InChI=1S/C19H22N2O3/c1-13(22)8-9-18(23)15-11-16(10-14-6-4-3-5-7-14)21-17(12-15)19(24)20-2/h3-7,11-13,22H,8-10H2,1-2H3,(H,20,24). The minimum atomic E-state index is -0.530. The Morgan fingerprint density at radius 2 is 1.92 bits per heavy atom. The molecule has 1 aromatic heterocycles. The van der Waals surface area contributed by atoms with E-state index in [-0.39, 0.29) is 23.8 Å². The van der Waals surface area contributed by atoms with Gasteiger partial charge in [-0.1, -0.05) is 30.3 Å². The van der Waals surface area contributed by atoms with Gasteiger partial charge in [-0.25, -0.2) is 4.98 Å². The lowest BCUT2D eigenvalue weighted by Crippen LogP contribution is -2.20. The zero-order valence-electron chi connectivity index (χ0n) is 14.0. The van der Waals surface area contributed by atoms with E-state index in [4.69, 9.17) is 0 Å². The Bertz CT molecular complexity index is 712. The molecular formula is C19H22N2O3. The number of amides is 1. The fourth-order valence-electron chi connectivity index (χ4n) is 2.37. The highest BCUT2D eigenvalue weighted by atomic mass is 16.3. The first kappa shape index (κ1) is 17.8. The van der Waals surface area contributed by atoms with Gasteiger partial charge in [-0.3, -0.25) is 9.59 Å². The van der Waals surface area contributed by atoms with Crippen LogP contribution in [0, 0.1) is 0 Å². The third-order valence-corrected chi connectivity index (χ3v) is 3.68. The second kappa shape index (κ2) is 8.36. The molecule has 2 N–H and O–H groups in total. The molecule has 2 rings (SSSR count). The number of carbonyl (C=O) groups excluding carboxylic acids is 2. The van der Waals surface area contributed by atoms with Gasteiger partial charge in [0.15, 0.2) is 5.78 Å². The SMILES string of the molecule is CNC(=O)c1cc(C(=O)CCC(C)O)cc(Cc2ccccc2)n1. The number of aliphatic hydroxyl groups excluding tert-OH is 1. The van der Waals surface area contributed by atoms with Gasteiger partial charge in [0.25, 0.3) is 5.91 Å². The number of nitrogens with one attached hydrogen (secondary N) is 1. The Morgan fingerprint density at radius 1 is 1.21 bits per heavy atom. The van der Waals surface area contributed by atoms with Gasteiger partial charge in [0.1, 0.15) is 5.69 Å². The Hall–Kier alpha value is -2.53. The minimum Gasteiger partial charge on any atom is -0.393 e. The Kier molecular flexibility index (Phi) is 6.21. The van der Waals surface area contributed by atoms with E-state index in [1.807, 2.05) is 30.3 Å². The summed E-state index contributed by atoms with van der Waals surface area (Å²) in [5.41, 5.74) is 2.41. The lowest BCUT2D eigenvalue weighted by molar-refractivity contribution is 0.0949. The lowest BCUT2D eigenvalue weighted by Gasteiger charge is -2.09. The van der Waals surface area contributed by atoms with E-state index >= 15 is 0 Å². The van der Waals surface area contributed by atoms with Gasteiger partial charge < -0.3 is 10.4 Å². The van der Waals surface area contributed by atoms with Crippen LogP contribution in [0.1, 0.15) is 51.9 Å². The highest BCUT2D eigenvalue weighted by molar-refractivity contribution is 5.99. The summed E-state index contributed by atoms with van der Waals surface area (Å²) in [6.45, 7) is 1.65. The van der Waals surface area contributed by atoms with Gasteiger partial charge in [-0.05, 0) is 31.0 Å². The number of pyridine rings is 1. The van der Waals surface area contributed by atoms with E-state index in [0.29, 0.717) is 24.1 Å². The summed E-state index contributed by atoms with van der Waals surface area (Å²) in [6, 6.07) is 13.0. The van der Waals surface area contributed by atoms with Crippen molar-refractivity contribution in [1.82, 2.24) is 10.3 Å². The van der Waals surface area contributed by atoms with Gasteiger partial charge in [0.2, 0.25) is 0 Å². The van der Waals surface area contributed by atoms with Crippen LogP contribution in [0.5, 0.6) is 0 Å². The number of Topliss-reactive ketones (excluding diaryl/α,β-unsaturated/α-hetero) is 1. The van der Waals surface area contributed by atoms with E-state index in [9.17, 15) is 14.7 Å². The summed E-state index contributed by atoms with van der Waals surface area (Å²) in [7, 11) is 1.53. The zero-order valence-corrected chi connectivity index (χ0v) is 14.0. The first-order chi connectivity index (χ1) is 11.5. The minimum absolute atomic E-state index is 0.0993.